The first-order valence-corrected chi connectivity index (χ1v) is 11.2. The van der Waals surface area contributed by atoms with E-state index in [4.69, 9.17) is 11.6 Å². The molecule has 31 heavy (non-hydrogen) atoms. The molecule has 0 aliphatic heterocycles. The molecule has 3 unspecified atom stereocenters. The maximum atomic E-state index is 10.3. The third-order valence-corrected chi connectivity index (χ3v) is 6.05. The van der Waals surface area contributed by atoms with Crippen molar-refractivity contribution in [3.8, 4) is 11.3 Å². The average Bonchev–Trinajstić information content (AvgIpc) is 3.06. The van der Waals surface area contributed by atoms with Crippen LogP contribution in [0.4, 0.5) is 5.69 Å². The Balaban J connectivity index is 1.57. The van der Waals surface area contributed by atoms with E-state index in [1.807, 2.05) is 12.1 Å². The molecule has 1 heterocycles. The monoisotopic (exact) mass is 436 g/mol. The lowest BCUT2D eigenvalue weighted by Gasteiger charge is -2.23. The zero-order valence-electron chi connectivity index (χ0n) is 18.1. The molecule has 0 spiro atoms. The second-order valence-corrected chi connectivity index (χ2v) is 9.00. The van der Waals surface area contributed by atoms with Crippen LogP contribution in [-0.2, 0) is 0 Å². The number of halogens is 1. The summed E-state index contributed by atoms with van der Waals surface area (Å²) in [6.45, 7) is 7.21. The Bertz CT molecular complexity index is 1020. The predicted molar refractivity (Wildman–Crippen MR) is 126 cm³/mol. The summed E-state index contributed by atoms with van der Waals surface area (Å²) in [4.78, 5) is 8.85. The molecule has 0 amide bonds. The molecule has 162 valence electrons. The summed E-state index contributed by atoms with van der Waals surface area (Å²) in [6, 6.07) is 16.8. The Kier molecular flexibility index (Phi) is 6.56. The summed E-state index contributed by atoms with van der Waals surface area (Å²) < 4.78 is 0. The molecule has 5 nitrogen and oxygen atoms in total. The molecule has 1 aromatic heterocycles. The molecule has 0 bridgehead atoms. The Morgan fingerprint density at radius 2 is 1.77 bits per heavy atom. The van der Waals surface area contributed by atoms with Gasteiger partial charge in [0.1, 0.15) is 6.33 Å². The van der Waals surface area contributed by atoms with E-state index in [1.165, 1.54) is 5.56 Å². The standard InChI is InChI=1S/C25H29ClN4O/c1-15(2)27-13-21(17-4-8-19(26)9-5-17)30-20-10-6-18(7-11-20)24-23-16(3)12-22(31)25(23)29-14-28-24/h4-11,14-16,21-22,27,30-31H,12-13H2,1-3H3. The van der Waals surface area contributed by atoms with Gasteiger partial charge in [0.05, 0.1) is 23.5 Å². The highest BCUT2D eigenvalue weighted by Gasteiger charge is 2.31. The summed E-state index contributed by atoms with van der Waals surface area (Å²) >= 11 is 6.08. The van der Waals surface area contributed by atoms with Gasteiger partial charge in [-0.1, -0.05) is 56.6 Å². The van der Waals surface area contributed by atoms with E-state index in [0.717, 1.165) is 39.8 Å². The quantitative estimate of drug-likeness (QED) is 0.457. The van der Waals surface area contributed by atoms with Crippen molar-refractivity contribution in [3.63, 3.8) is 0 Å². The van der Waals surface area contributed by atoms with Crippen LogP contribution < -0.4 is 10.6 Å². The van der Waals surface area contributed by atoms with Crippen LogP contribution in [0.3, 0.4) is 0 Å². The van der Waals surface area contributed by atoms with Crippen molar-refractivity contribution >= 4 is 17.3 Å². The average molecular weight is 437 g/mol. The van der Waals surface area contributed by atoms with Gasteiger partial charge in [-0.2, -0.15) is 0 Å². The summed E-state index contributed by atoms with van der Waals surface area (Å²) in [7, 11) is 0. The van der Waals surface area contributed by atoms with E-state index in [2.05, 4.69) is 77.8 Å². The molecular formula is C25H29ClN4O. The molecule has 3 N–H and O–H groups in total. The molecular weight excluding hydrogens is 408 g/mol. The number of aliphatic hydroxyl groups is 1. The van der Waals surface area contributed by atoms with Crippen LogP contribution in [0.15, 0.2) is 54.9 Å². The largest absolute Gasteiger partial charge is 0.387 e. The summed E-state index contributed by atoms with van der Waals surface area (Å²) in [6.07, 6.45) is 1.75. The number of aromatic nitrogens is 2. The van der Waals surface area contributed by atoms with E-state index in [-0.39, 0.29) is 12.0 Å². The predicted octanol–water partition coefficient (Wildman–Crippen LogP) is 5.49. The van der Waals surface area contributed by atoms with Crippen LogP contribution in [-0.4, -0.2) is 27.7 Å². The van der Waals surface area contributed by atoms with E-state index in [0.29, 0.717) is 12.5 Å². The number of fused-ring (bicyclic) bond motifs is 1. The third kappa shape index (κ3) is 4.90. The maximum Gasteiger partial charge on any atom is 0.116 e. The Morgan fingerprint density at radius 3 is 2.45 bits per heavy atom. The highest BCUT2D eigenvalue weighted by Crippen LogP contribution is 2.42. The van der Waals surface area contributed by atoms with Crippen LogP contribution in [0.1, 0.15) is 62.1 Å². The van der Waals surface area contributed by atoms with E-state index in [9.17, 15) is 5.11 Å². The molecule has 3 aromatic rings. The van der Waals surface area contributed by atoms with Crippen molar-refractivity contribution < 1.29 is 5.11 Å². The molecule has 1 aliphatic carbocycles. The van der Waals surface area contributed by atoms with E-state index in [1.54, 1.807) is 6.33 Å². The number of hydrogen-bond acceptors (Lipinski definition) is 5. The lowest BCUT2D eigenvalue weighted by molar-refractivity contribution is 0.170. The van der Waals surface area contributed by atoms with Gasteiger partial charge in [-0.15, -0.1) is 0 Å². The van der Waals surface area contributed by atoms with Crippen LogP contribution in [0.25, 0.3) is 11.3 Å². The van der Waals surface area contributed by atoms with E-state index < -0.39 is 6.10 Å². The van der Waals surface area contributed by atoms with Gasteiger partial charge in [-0.05, 0) is 42.2 Å². The van der Waals surface area contributed by atoms with Crippen molar-refractivity contribution in [2.24, 2.45) is 0 Å². The lowest BCUT2D eigenvalue weighted by Crippen LogP contribution is -2.31. The second kappa shape index (κ2) is 9.35. The molecule has 0 saturated heterocycles. The number of aliphatic hydroxyl groups excluding tert-OH is 1. The molecule has 2 aromatic carbocycles. The second-order valence-electron chi connectivity index (χ2n) is 8.56. The van der Waals surface area contributed by atoms with E-state index >= 15 is 0 Å². The van der Waals surface area contributed by atoms with Crippen LogP contribution >= 0.6 is 11.6 Å². The molecule has 0 fully saturated rings. The highest BCUT2D eigenvalue weighted by atomic mass is 35.5. The Morgan fingerprint density at radius 1 is 1.06 bits per heavy atom. The zero-order valence-corrected chi connectivity index (χ0v) is 18.9. The lowest BCUT2D eigenvalue weighted by atomic mass is 9.98. The van der Waals surface area contributed by atoms with Crippen molar-refractivity contribution in [2.45, 2.75) is 51.3 Å². The minimum Gasteiger partial charge on any atom is -0.387 e. The van der Waals surface area contributed by atoms with Crippen LogP contribution in [0.5, 0.6) is 0 Å². The van der Waals surface area contributed by atoms with Gasteiger partial charge in [-0.25, -0.2) is 9.97 Å². The number of rotatable bonds is 7. The topological polar surface area (TPSA) is 70.1 Å². The van der Waals surface area contributed by atoms with Crippen molar-refractivity contribution in [1.29, 1.82) is 0 Å². The summed E-state index contributed by atoms with van der Waals surface area (Å²) in [5.41, 5.74) is 5.99. The van der Waals surface area contributed by atoms with Gasteiger partial charge in [0.2, 0.25) is 0 Å². The van der Waals surface area contributed by atoms with Gasteiger partial charge in [0.25, 0.3) is 0 Å². The van der Waals surface area contributed by atoms with Crippen LogP contribution in [0, 0.1) is 0 Å². The fourth-order valence-corrected chi connectivity index (χ4v) is 4.31. The fourth-order valence-electron chi connectivity index (χ4n) is 4.18. The minimum atomic E-state index is -0.499. The first kappa shape index (κ1) is 21.8. The molecule has 4 rings (SSSR count). The first-order valence-electron chi connectivity index (χ1n) is 10.8. The van der Waals surface area contributed by atoms with Gasteiger partial charge in [0, 0.05) is 34.4 Å². The maximum absolute atomic E-state index is 10.3. The number of benzene rings is 2. The van der Waals surface area contributed by atoms with Crippen LogP contribution in [0.2, 0.25) is 5.02 Å². The van der Waals surface area contributed by atoms with Crippen molar-refractivity contribution in [1.82, 2.24) is 15.3 Å². The number of nitrogens with one attached hydrogen (secondary N) is 2. The molecule has 6 heteroatoms. The fraction of sp³-hybridized carbons (Fsp3) is 0.360. The van der Waals surface area contributed by atoms with Crippen molar-refractivity contribution in [3.05, 3.63) is 76.7 Å². The van der Waals surface area contributed by atoms with Gasteiger partial charge < -0.3 is 15.7 Å². The van der Waals surface area contributed by atoms with Crippen molar-refractivity contribution in [2.75, 3.05) is 11.9 Å². The number of nitrogens with zero attached hydrogens (tertiary/aromatic N) is 2. The number of anilines is 1. The molecule has 1 aliphatic rings. The van der Waals surface area contributed by atoms with Gasteiger partial charge in [-0.3, -0.25) is 0 Å². The minimum absolute atomic E-state index is 0.115. The third-order valence-electron chi connectivity index (χ3n) is 5.80. The molecule has 3 atom stereocenters. The normalized spacial score (nSPS) is 18.8. The van der Waals surface area contributed by atoms with Gasteiger partial charge >= 0.3 is 0 Å². The molecule has 0 radical (unpaired) electrons. The molecule has 0 saturated carbocycles. The Labute approximate surface area is 188 Å². The highest BCUT2D eigenvalue weighted by molar-refractivity contribution is 6.30. The summed E-state index contributed by atoms with van der Waals surface area (Å²) in [5.74, 6) is 0.246. The summed E-state index contributed by atoms with van der Waals surface area (Å²) in [5, 5.41) is 18.2. The SMILES string of the molecule is CC(C)NCC(Nc1ccc(-c2ncnc3c2C(C)CC3O)cc1)c1ccc(Cl)cc1. The van der Waals surface area contributed by atoms with Gasteiger partial charge in [0.15, 0.2) is 0 Å². The first-order chi connectivity index (χ1) is 14.9. The zero-order chi connectivity index (χ0) is 22.0. The Hall–Kier alpha value is -2.47. The smallest absolute Gasteiger partial charge is 0.116 e. The number of hydrogen-bond donors (Lipinski definition) is 3.